The number of alkyl carbamates (subject to hydrolysis) is 1. The number of nitrogens with zero attached hydrogens (tertiary/aromatic N) is 2. The van der Waals surface area contributed by atoms with Crippen molar-refractivity contribution in [2.75, 3.05) is 19.0 Å². The van der Waals surface area contributed by atoms with Gasteiger partial charge in [0.1, 0.15) is 5.82 Å². The fourth-order valence-electron chi connectivity index (χ4n) is 1.05. The Hall–Kier alpha value is -2.02. The average Bonchev–Trinajstić information content (AvgIpc) is 2.29. The van der Waals surface area contributed by atoms with E-state index >= 15 is 0 Å². The molecule has 0 atom stereocenters. The van der Waals surface area contributed by atoms with Crippen LogP contribution in [0.3, 0.4) is 0 Å². The molecule has 0 saturated heterocycles. The molecule has 0 bridgehead atoms. The van der Waals surface area contributed by atoms with E-state index in [1.54, 1.807) is 6.92 Å². The third-order valence-corrected chi connectivity index (χ3v) is 1.93. The van der Waals surface area contributed by atoms with Crippen molar-refractivity contribution in [1.82, 2.24) is 15.3 Å². The lowest BCUT2D eigenvalue weighted by Crippen LogP contribution is -2.27. The van der Waals surface area contributed by atoms with Crippen LogP contribution in [0.25, 0.3) is 0 Å². The lowest BCUT2D eigenvalue weighted by atomic mass is 10.5. The van der Waals surface area contributed by atoms with Crippen LogP contribution >= 0.6 is 11.6 Å². The SMILES string of the molecule is C=C(NC(=O)OCC)Nc1nc(Cl)ncc1OC. The first-order chi connectivity index (χ1) is 8.56. The monoisotopic (exact) mass is 272 g/mol. The van der Waals surface area contributed by atoms with Crippen LogP contribution in [0.2, 0.25) is 5.28 Å². The van der Waals surface area contributed by atoms with Crippen molar-refractivity contribution in [3.05, 3.63) is 23.9 Å². The Morgan fingerprint density at radius 3 is 2.94 bits per heavy atom. The number of carbonyl (C=O) groups excluding carboxylic acids is 1. The summed E-state index contributed by atoms with van der Waals surface area (Å²) >= 11 is 5.65. The molecular formula is C10H13ClN4O3. The van der Waals surface area contributed by atoms with Gasteiger partial charge < -0.3 is 14.8 Å². The Kier molecular flexibility index (Phi) is 5.19. The van der Waals surface area contributed by atoms with Gasteiger partial charge in [-0.15, -0.1) is 0 Å². The van der Waals surface area contributed by atoms with Gasteiger partial charge in [-0.05, 0) is 18.5 Å². The molecule has 1 rings (SSSR count). The Bertz CT molecular complexity index is 453. The van der Waals surface area contributed by atoms with Crippen molar-refractivity contribution in [2.45, 2.75) is 6.92 Å². The van der Waals surface area contributed by atoms with Crippen LogP contribution in [-0.4, -0.2) is 29.8 Å². The molecule has 0 aliphatic heterocycles. The molecular weight excluding hydrogens is 260 g/mol. The van der Waals surface area contributed by atoms with E-state index in [-0.39, 0.29) is 17.7 Å². The summed E-state index contributed by atoms with van der Waals surface area (Å²) in [5.41, 5.74) is 0. The lowest BCUT2D eigenvalue weighted by Gasteiger charge is -2.12. The number of carbonyl (C=O) groups is 1. The lowest BCUT2D eigenvalue weighted by molar-refractivity contribution is 0.155. The van der Waals surface area contributed by atoms with Crippen LogP contribution in [0.15, 0.2) is 18.6 Å². The van der Waals surface area contributed by atoms with Crippen LogP contribution < -0.4 is 15.4 Å². The van der Waals surface area contributed by atoms with E-state index in [1.165, 1.54) is 13.3 Å². The number of anilines is 1. The van der Waals surface area contributed by atoms with Crippen molar-refractivity contribution in [2.24, 2.45) is 0 Å². The average molecular weight is 273 g/mol. The molecule has 0 aromatic carbocycles. The second-order valence-electron chi connectivity index (χ2n) is 3.01. The number of ether oxygens (including phenoxy) is 2. The van der Waals surface area contributed by atoms with Crippen LogP contribution in [0.1, 0.15) is 6.92 Å². The Morgan fingerprint density at radius 2 is 2.33 bits per heavy atom. The predicted molar refractivity (Wildman–Crippen MR) is 66.5 cm³/mol. The molecule has 8 heteroatoms. The molecule has 98 valence electrons. The highest BCUT2D eigenvalue weighted by molar-refractivity contribution is 6.28. The highest BCUT2D eigenvalue weighted by Gasteiger charge is 2.09. The highest BCUT2D eigenvalue weighted by atomic mass is 35.5. The smallest absolute Gasteiger partial charge is 0.412 e. The second-order valence-corrected chi connectivity index (χ2v) is 3.34. The Morgan fingerprint density at radius 1 is 1.61 bits per heavy atom. The summed E-state index contributed by atoms with van der Waals surface area (Å²) < 4.78 is 9.71. The van der Waals surface area contributed by atoms with Gasteiger partial charge in [0.05, 0.1) is 19.9 Å². The number of amides is 1. The van der Waals surface area contributed by atoms with Gasteiger partial charge in [0.2, 0.25) is 5.28 Å². The van der Waals surface area contributed by atoms with Gasteiger partial charge in [-0.2, -0.15) is 4.98 Å². The van der Waals surface area contributed by atoms with Crippen LogP contribution in [0.5, 0.6) is 5.75 Å². The van der Waals surface area contributed by atoms with Gasteiger partial charge in [0.25, 0.3) is 0 Å². The fraction of sp³-hybridized carbons (Fsp3) is 0.300. The summed E-state index contributed by atoms with van der Waals surface area (Å²) in [5, 5.41) is 5.14. The zero-order chi connectivity index (χ0) is 13.5. The summed E-state index contributed by atoms with van der Waals surface area (Å²) in [4.78, 5) is 18.8. The first kappa shape index (κ1) is 14.0. The highest BCUT2D eigenvalue weighted by Crippen LogP contribution is 2.22. The molecule has 0 saturated carbocycles. The van der Waals surface area contributed by atoms with Crippen molar-refractivity contribution in [1.29, 1.82) is 0 Å². The molecule has 1 heterocycles. The van der Waals surface area contributed by atoms with E-state index in [9.17, 15) is 4.79 Å². The van der Waals surface area contributed by atoms with Gasteiger partial charge in [-0.1, -0.05) is 6.58 Å². The number of methoxy groups -OCH3 is 1. The summed E-state index contributed by atoms with van der Waals surface area (Å²) in [6.07, 6.45) is 0.782. The molecule has 1 aromatic rings. The topological polar surface area (TPSA) is 85.4 Å². The Balaban J connectivity index is 2.69. The van der Waals surface area contributed by atoms with Crippen LogP contribution in [0.4, 0.5) is 10.6 Å². The molecule has 2 N–H and O–H groups in total. The number of aromatic nitrogens is 2. The molecule has 0 radical (unpaired) electrons. The standard InChI is InChI=1S/C10H13ClN4O3/c1-4-18-10(16)14-6(2)13-8-7(17-3)5-12-9(11)15-8/h5H,2,4H2,1,3H3,(H,14,16)(H,12,13,15). The molecule has 18 heavy (non-hydrogen) atoms. The summed E-state index contributed by atoms with van der Waals surface area (Å²) in [5.74, 6) is 0.840. The van der Waals surface area contributed by atoms with E-state index in [2.05, 4.69) is 31.9 Å². The summed E-state index contributed by atoms with van der Waals surface area (Å²) in [6.45, 7) is 5.56. The van der Waals surface area contributed by atoms with E-state index in [4.69, 9.17) is 16.3 Å². The molecule has 1 aromatic heterocycles. The molecule has 0 unspecified atom stereocenters. The number of hydrogen-bond acceptors (Lipinski definition) is 6. The third kappa shape index (κ3) is 4.10. The maximum atomic E-state index is 11.1. The van der Waals surface area contributed by atoms with Crippen molar-refractivity contribution >= 4 is 23.5 Å². The first-order valence-corrected chi connectivity index (χ1v) is 5.40. The number of rotatable bonds is 5. The zero-order valence-corrected chi connectivity index (χ0v) is 10.7. The maximum absolute atomic E-state index is 11.1. The van der Waals surface area contributed by atoms with Gasteiger partial charge in [0, 0.05) is 0 Å². The Labute approximate surface area is 109 Å². The van der Waals surface area contributed by atoms with Crippen LogP contribution in [-0.2, 0) is 4.74 Å². The van der Waals surface area contributed by atoms with E-state index < -0.39 is 6.09 Å². The van der Waals surface area contributed by atoms with Crippen molar-refractivity contribution in [3.8, 4) is 5.75 Å². The predicted octanol–water partition coefficient (Wildman–Crippen LogP) is 1.77. The minimum Gasteiger partial charge on any atom is -0.491 e. The normalized spacial score (nSPS) is 9.50. The van der Waals surface area contributed by atoms with E-state index in [0.717, 1.165) is 0 Å². The fourth-order valence-corrected chi connectivity index (χ4v) is 1.19. The quantitative estimate of drug-likeness (QED) is 0.795. The third-order valence-electron chi connectivity index (χ3n) is 1.74. The zero-order valence-electron chi connectivity index (χ0n) is 9.99. The molecule has 7 nitrogen and oxygen atoms in total. The molecule has 0 fully saturated rings. The van der Waals surface area contributed by atoms with Gasteiger partial charge in [0.15, 0.2) is 11.6 Å². The largest absolute Gasteiger partial charge is 0.491 e. The maximum Gasteiger partial charge on any atom is 0.412 e. The van der Waals surface area contributed by atoms with E-state index in [0.29, 0.717) is 11.6 Å². The molecule has 0 aliphatic carbocycles. The van der Waals surface area contributed by atoms with Crippen molar-refractivity contribution < 1.29 is 14.3 Å². The number of hydrogen-bond donors (Lipinski definition) is 2. The van der Waals surface area contributed by atoms with Gasteiger partial charge >= 0.3 is 6.09 Å². The second kappa shape index (κ2) is 6.65. The molecule has 0 aliphatic rings. The summed E-state index contributed by atoms with van der Waals surface area (Å²) in [6, 6.07) is 0. The van der Waals surface area contributed by atoms with E-state index in [1.807, 2.05) is 0 Å². The number of nitrogens with one attached hydrogen (secondary N) is 2. The van der Waals surface area contributed by atoms with Gasteiger partial charge in [-0.3, -0.25) is 5.32 Å². The first-order valence-electron chi connectivity index (χ1n) is 5.03. The van der Waals surface area contributed by atoms with Crippen molar-refractivity contribution in [3.63, 3.8) is 0 Å². The molecule has 0 spiro atoms. The van der Waals surface area contributed by atoms with Gasteiger partial charge in [-0.25, -0.2) is 9.78 Å². The minimum absolute atomic E-state index is 0.0437. The van der Waals surface area contributed by atoms with Crippen LogP contribution in [0, 0.1) is 0 Å². The summed E-state index contributed by atoms with van der Waals surface area (Å²) in [7, 11) is 1.46. The molecule has 1 amide bonds. The minimum atomic E-state index is -0.617. The number of halogens is 1.